The van der Waals surface area contributed by atoms with Gasteiger partial charge >= 0.3 is 5.97 Å². The molecule has 4 rings (SSSR count). The third-order valence-corrected chi connectivity index (χ3v) is 7.97. The number of benzene rings is 2. The van der Waals surface area contributed by atoms with Gasteiger partial charge < -0.3 is 30.1 Å². The van der Waals surface area contributed by atoms with Crippen LogP contribution in [0.1, 0.15) is 87.9 Å². The third-order valence-electron chi connectivity index (χ3n) is 7.97. The van der Waals surface area contributed by atoms with Crippen LogP contribution in [0.4, 0.5) is 0 Å². The lowest BCUT2D eigenvalue weighted by Crippen LogP contribution is -2.49. The Morgan fingerprint density at radius 2 is 1.79 bits per heavy atom. The van der Waals surface area contributed by atoms with Gasteiger partial charge in [-0.05, 0) is 77.1 Å². The Kier molecular flexibility index (Phi) is 11.7. The monoisotopic (exact) mass is 599 g/mol. The molecule has 3 atom stereocenters. The summed E-state index contributed by atoms with van der Waals surface area (Å²) in [5.74, 6) is -1.37. The molecule has 0 bridgehead atoms. The molecule has 0 fully saturated rings. The van der Waals surface area contributed by atoms with Crippen LogP contribution in [0.25, 0.3) is 0 Å². The number of amides is 1. The van der Waals surface area contributed by atoms with Gasteiger partial charge in [-0.15, -0.1) is 0 Å². The molecule has 4 N–H and O–H groups in total. The second-order valence-corrected chi connectivity index (χ2v) is 11.4. The summed E-state index contributed by atoms with van der Waals surface area (Å²) in [5, 5.41) is 41.4. The minimum absolute atomic E-state index is 0. The fraction of sp³-hybridized carbons (Fsp3) is 0.455. The molecule has 2 aliphatic rings. The first-order chi connectivity index (χ1) is 18.9. The number of hydrogen-bond donors (Lipinski definition) is 4. The fourth-order valence-corrected chi connectivity index (χ4v) is 5.46. The second-order valence-electron chi connectivity index (χ2n) is 11.4. The number of carboxylic acid groups (broad SMARTS) is 1. The minimum atomic E-state index is -1.15. The predicted molar refractivity (Wildman–Crippen MR) is 169 cm³/mol. The molecule has 1 amide bonds. The molecule has 0 saturated heterocycles. The van der Waals surface area contributed by atoms with Crippen molar-refractivity contribution in [2.75, 3.05) is 0 Å². The van der Waals surface area contributed by atoms with E-state index in [2.05, 4.69) is 32.9 Å². The highest BCUT2D eigenvalue weighted by Gasteiger charge is 2.45. The maximum atomic E-state index is 13.4. The number of hydrogen-bond acceptors (Lipinski definition) is 6. The number of carbonyl (C=O) groups is 2. The van der Waals surface area contributed by atoms with Crippen molar-refractivity contribution in [2.45, 2.75) is 97.9 Å². The van der Waals surface area contributed by atoms with Gasteiger partial charge in [-0.1, -0.05) is 42.9 Å². The predicted octanol–water partition coefficient (Wildman–Crippen LogP) is 6.03. The summed E-state index contributed by atoms with van der Waals surface area (Å²) >= 11 is 0. The van der Waals surface area contributed by atoms with Crippen LogP contribution in [0.5, 0.6) is 17.2 Å². The molecule has 0 spiro atoms. The number of ether oxygens (including phenoxy) is 1. The van der Waals surface area contributed by atoms with E-state index < -0.39 is 29.6 Å². The minimum Gasteiger partial charge on any atom is -0.508 e. The van der Waals surface area contributed by atoms with Gasteiger partial charge in [-0.2, -0.15) is 13.5 Å². The largest absolute Gasteiger partial charge is 0.508 e. The summed E-state index contributed by atoms with van der Waals surface area (Å²) in [6.45, 7) is 8.11. The zero-order valence-corrected chi connectivity index (χ0v) is 25.1. The quantitative estimate of drug-likeness (QED) is 0.246. The van der Waals surface area contributed by atoms with Crippen LogP contribution in [0, 0.1) is 0 Å². The van der Waals surface area contributed by atoms with E-state index >= 15 is 0 Å². The van der Waals surface area contributed by atoms with Gasteiger partial charge in [-0.25, -0.2) is 4.79 Å². The molecule has 8 nitrogen and oxygen atoms in total. The third kappa shape index (κ3) is 7.50. The maximum Gasteiger partial charge on any atom is 0.326 e. The summed E-state index contributed by atoms with van der Waals surface area (Å²) in [5.41, 5.74) is 3.44. The number of fused-ring (bicyclic) bond motifs is 3. The van der Waals surface area contributed by atoms with E-state index in [1.54, 1.807) is 12.1 Å². The molecule has 0 aliphatic carbocycles. The Bertz CT molecular complexity index is 1350. The molecule has 0 radical (unpaired) electrons. The van der Waals surface area contributed by atoms with Crippen molar-refractivity contribution in [1.82, 2.24) is 4.90 Å². The van der Waals surface area contributed by atoms with Crippen LogP contribution in [0.2, 0.25) is 0 Å². The first kappa shape index (κ1) is 34.8. The van der Waals surface area contributed by atoms with E-state index in [9.17, 15) is 30.0 Å². The molecule has 2 aliphatic heterocycles. The Morgan fingerprint density at radius 3 is 2.40 bits per heavy atom. The van der Waals surface area contributed by atoms with Crippen molar-refractivity contribution in [3.63, 3.8) is 0 Å². The highest BCUT2D eigenvalue weighted by molar-refractivity contribution is 7.59. The van der Waals surface area contributed by atoms with Gasteiger partial charge in [-0.3, -0.25) is 4.79 Å². The molecule has 0 aromatic heterocycles. The van der Waals surface area contributed by atoms with Gasteiger partial charge in [0.05, 0.1) is 18.2 Å². The van der Waals surface area contributed by atoms with Gasteiger partial charge in [0, 0.05) is 24.0 Å². The summed E-state index contributed by atoms with van der Waals surface area (Å²) < 4.78 is 6.42. The number of carbonyl (C=O) groups excluding carboxylic acids is 1. The number of carboxylic acids is 1. The number of aliphatic hydroxyl groups excluding tert-OH is 1. The van der Waals surface area contributed by atoms with E-state index in [0.717, 1.165) is 12.8 Å². The molecule has 2 aromatic carbocycles. The van der Waals surface area contributed by atoms with Crippen LogP contribution < -0.4 is 4.74 Å². The highest BCUT2D eigenvalue weighted by Crippen LogP contribution is 2.46. The summed E-state index contributed by atoms with van der Waals surface area (Å²) in [7, 11) is 0. The summed E-state index contributed by atoms with van der Waals surface area (Å²) in [4.78, 5) is 27.0. The van der Waals surface area contributed by atoms with E-state index in [0.29, 0.717) is 35.3 Å². The second kappa shape index (κ2) is 14.2. The number of allylic oxidation sites excluding steroid dienone is 4. The summed E-state index contributed by atoms with van der Waals surface area (Å²) in [6.07, 6.45) is 6.90. The molecule has 0 unspecified atom stereocenters. The number of aromatic hydroxyl groups is 2. The van der Waals surface area contributed by atoms with Gasteiger partial charge in [0.15, 0.2) is 0 Å². The molecule has 230 valence electrons. The first-order valence-corrected chi connectivity index (χ1v) is 13.7. The van der Waals surface area contributed by atoms with Crippen molar-refractivity contribution < 1.29 is 34.8 Å². The molecule has 9 heteroatoms. The standard InChI is InChI=1S/C32H39NO7.CH4.H2S/c1-19(2)7-5-8-20(3)9-6-14-32(4)28(36)17-24-27(35)16-23-25(29(24)40-32)18-33(30(23)37)26(31(38)39)15-21-10-12-22(34)13-11-21;;/h7,9-13,16,26,28,34-36H,5-6,8,14-15,17-18H2,1-4H3,(H,38,39);1H4;1H2/b20-9+;;/t26-,28+,32-;;/m0../s1. The zero-order chi connectivity index (χ0) is 29.2. The number of nitrogens with zero attached hydrogens (tertiary/aromatic N) is 1. The van der Waals surface area contributed by atoms with Crippen LogP contribution in [0.3, 0.4) is 0 Å². The smallest absolute Gasteiger partial charge is 0.326 e. The van der Waals surface area contributed by atoms with Crippen molar-refractivity contribution in [3.8, 4) is 17.2 Å². The zero-order valence-electron chi connectivity index (χ0n) is 24.1. The highest BCUT2D eigenvalue weighted by atomic mass is 32.1. The number of rotatable bonds is 10. The Morgan fingerprint density at radius 1 is 1.12 bits per heavy atom. The number of aliphatic hydroxyl groups is 1. The molecule has 0 saturated carbocycles. The van der Waals surface area contributed by atoms with Gasteiger partial charge in [0.25, 0.3) is 5.91 Å². The van der Waals surface area contributed by atoms with Crippen molar-refractivity contribution in [3.05, 3.63) is 75.9 Å². The maximum absolute atomic E-state index is 13.4. The Hall–Kier alpha value is -3.43. The lowest BCUT2D eigenvalue weighted by molar-refractivity contribution is -0.142. The number of aliphatic carboxylic acids is 1. The lowest BCUT2D eigenvalue weighted by atomic mass is 9.84. The van der Waals surface area contributed by atoms with Crippen molar-refractivity contribution >= 4 is 25.4 Å². The van der Waals surface area contributed by atoms with E-state index in [-0.39, 0.29) is 57.4 Å². The molecular formula is C33H45NO7S. The fourth-order valence-electron chi connectivity index (χ4n) is 5.46. The van der Waals surface area contributed by atoms with Crippen LogP contribution in [0.15, 0.2) is 53.6 Å². The van der Waals surface area contributed by atoms with Crippen molar-refractivity contribution in [2.24, 2.45) is 0 Å². The molecular weight excluding hydrogens is 554 g/mol. The average Bonchev–Trinajstić information content (AvgIpc) is 3.20. The normalized spacial score (nSPS) is 19.9. The van der Waals surface area contributed by atoms with Crippen molar-refractivity contribution in [1.29, 1.82) is 0 Å². The Balaban J connectivity index is 0.00000308. The number of phenols is 2. The average molecular weight is 600 g/mol. The molecule has 42 heavy (non-hydrogen) atoms. The van der Waals surface area contributed by atoms with Gasteiger partial charge in [0.1, 0.15) is 28.9 Å². The first-order valence-electron chi connectivity index (χ1n) is 13.7. The van der Waals surface area contributed by atoms with Crippen LogP contribution >= 0.6 is 13.5 Å². The van der Waals surface area contributed by atoms with E-state index in [4.69, 9.17) is 4.74 Å². The topological polar surface area (TPSA) is 128 Å². The molecule has 2 aromatic rings. The van der Waals surface area contributed by atoms with E-state index in [1.807, 2.05) is 6.92 Å². The van der Waals surface area contributed by atoms with E-state index in [1.165, 1.54) is 34.2 Å². The van der Waals surface area contributed by atoms with Crippen LogP contribution in [-0.4, -0.2) is 54.9 Å². The summed E-state index contributed by atoms with van der Waals surface area (Å²) in [6, 6.07) is 6.40. The number of phenolic OH excluding ortho intramolecular Hbond substituents is 2. The van der Waals surface area contributed by atoms with Crippen LogP contribution in [-0.2, 0) is 24.2 Å². The SMILES string of the molecule is C.CC(C)=CCC/C(C)=C/CC[C@]1(C)Oc2c(c(O)cc3c2CN([C@@H](Cc2ccc(O)cc2)C(=O)O)C3=O)C[C@H]1O.S. The Labute approximate surface area is 255 Å². The lowest BCUT2D eigenvalue weighted by Gasteiger charge is -2.41. The molecule has 2 heterocycles. The van der Waals surface area contributed by atoms with Gasteiger partial charge in [0.2, 0.25) is 0 Å².